The Labute approximate surface area is 144 Å². The second-order valence-electron chi connectivity index (χ2n) is 5.03. The van der Waals surface area contributed by atoms with Crippen LogP contribution in [-0.2, 0) is 20.0 Å². The fourth-order valence-electron chi connectivity index (χ4n) is 2.43. The number of rotatable bonds is 4. The van der Waals surface area contributed by atoms with E-state index in [9.17, 15) is 16.8 Å². The first-order chi connectivity index (χ1) is 10.9. The van der Waals surface area contributed by atoms with E-state index in [2.05, 4.69) is 0 Å². The van der Waals surface area contributed by atoms with Gasteiger partial charge < -0.3 is 0 Å². The van der Waals surface area contributed by atoms with Crippen LogP contribution in [0.1, 0.15) is 6.42 Å². The lowest BCUT2D eigenvalue weighted by molar-refractivity contribution is 0.406. The van der Waals surface area contributed by atoms with Crippen LogP contribution in [0.25, 0.3) is 0 Å². The zero-order valence-electron chi connectivity index (χ0n) is 12.2. The molecule has 3 rings (SSSR count). The van der Waals surface area contributed by atoms with E-state index in [1.165, 1.54) is 31.3 Å². The van der Waals surface area contributed by atoms with Gasteiger partial charge in [0.15, 0.2) is 0 Å². The van der Waals surface area contributed by atoms with Crippen LogP contribution >= 0.6 is 22.7 Å². The summed E-state index contributed by atoms with van der Waals surface area (Å²) in [6, 6.07) is 6.54. The van der Waals surface area contributed by atoms with Gasteiger partial charge in [-0.3, -0.25) is 0 Å². The zero-order chi connectivity index (χ0) is 16.5. The smallest absolute Gasteiger partial charge is 0.206 e. The van der Waals surface area contributed by atoms with Crippen LogP contribution in [-0.4, -0.2) is 51.6 Å². The summed E-state index contributed by atoms with van der Waals surface area (Å²) in [7, 11) is -7.06. The second-order valence-corrected chi connectivity index (χ2v) is 11.3. The maximum absolute atomic E-state index is 12.6. The van der Waals surface area contributed by atoms with Crippen molar-refractivity contribution in [2.75, 3.05) is 26.2 Å². The summed E-state index contributed by atoms with van der Waals surface area (Å²) in [4.78, 5) is 0. The highest BCUT2D eigenvalue weighted by Gasteiger charge is 2.32. The minimum atomic E-state index is -3.53. The van der Waals surface area contributed by atoms with Gasteiger partial charge in [-0.15, -0.1) is 22.7 Å². The zero-order valence-corrected chi connectivity index (χ0v) is 15.4. The van der Waals surface area contributed by atoms with E-state index in [-0.39, 0.29) is 13.1 Å². The molecule has 0 N–H and O–H groups in total. The molecule has 6 nitrogen and oxygen atoms in total. The number of thiophene rings is 2. The molecule has 2 aromatic rings. The van der Waals surface area contributed by atoms with E-state index < -0.39 is 20.0 Å². The van der Waals surface area contributed by atoms with Crippen molar-refractivity contribution in [2.45, 2.75) is 14.8 Å². The third-order valence-corrected chi connectivity index (χ3v) is 10.1. The van der Waals surface area contributed by atoms with Crippen molar-refractivity contribution in [3.8, 4) is 0 Å². The topological polar surface area (TPSA) is 74.8 Å². The lowest BCUT2D eigenvalue weighted by atomic mass is 10.4. The third-order valence-electron chi connectivity index (χ3n) is 3.59. The number of hydrogen-bond acceptors (Lipinski definition) is 6. The minimum Gasteiger partial charge on any atom is -0.206 e. The van der Waals surface area contributed by atoms with Crippen LogP contribution in [0.15, 0.2) is 43.4 Å². The Bertz CT molecular complexity index is 770. The highest BCUT2D eigenvalue weighted by Crippen LogP contribution is 2.25. The van der Waals surface area contributed by atoms with Crippen LogP contribution in [0.3, 0.4) is 0 Å². The van der Waals surface area contributed by atoms with E-state index in [4.69, 9.17) is 0 Å². The third kappa shape index (κ3) is 3.37. The Kier molecular flexibility index (Phi) is 4.90. The maximum Gasteiger partial charge on any atom is 0.252 e. The van der Waals surface area contributed by atoms with E-state index in [1.807, 2.05) is 0 Å². The lowest BCUT2D eigenvalue weighted by Crippen LogP contribution is -2.36. The maximum atomic E-state index is 12.6. The summed E-state index contributed by atoms with van der Waals surface area (Å²) in [5.41, 5.74) is 0. The molecule has 1 saturated heterocycles. The summed E-state index contributed by atoms with van der Waals surface area (Å²) in [5, 5.41) is 3.44. The predicted molar refractivity (Wildman–Crippen MR) is 90.8 cm³/mol. The largest absolute Gasteiger partial charge is 0.252 e. The van der Waals surface area contributed by atoms with Gasteiger partial charge >= 0.3 is 0 Å². The summed E-state index contributed by atoms with van der Waals surface area (Å²) >= 11 is 2.35. The molecule has 1 aliphatic rings. The molecule has 0 saturated carbocycles. The molecular formula is C13H16N2O4S4. The molecule has 0 aromatic carbocycles. The molecule has 0 bridgehead atoms. The molecule has 1 fully saturated rings. The van der Waals surface area contributed by atoms with Crippen molar-refractivity contribution in [2.24, 2.45) is 0 Å². The van der Waals surface area contributed by atoms with Crippen molar-refractivity contribution in [1.82, 2.24) is 8.61 Å². The standard InChI is InChI=1S/C13H16N2O4S4/c16-22(17,12-4-1-10-20-12)14-6-3-7-15(9-8-14)23(18,19)13-5-2-11-21-13/h1-2,4-5,10-11H,3,6-9H2. The first-order valence-electron chi connectivity index (χ1n) is 7.00. The average molecular weight is 393 g/mol. The molecular weight excluding hydrogens is 376 g/mol. The Morgan fingerprint density at radius 2 is 1.17 bits per heavy atom. The summed E-state index contributed by atoms with van der Waals surface area (Å²) in [6.07, 6.45) is 0.481. The molecule has 0 spiro atoms. The van der Waals surface area contributed by atoms with Gasteiger partial charge in [-0.05, 0) is 29.3 Å². The first kappa shape index (κ1) is 17.1. The highest BCUT2D eigenvalue weighted by atomic mass is 32.3. The van der Waals surface area contributed by atoms with Gasteiger partial charge in [0.25, 0.3) is 20.0 Å². The SMILES string of the molecule is O=S(=O)(c1cccs1)N1CCCN(S(=O)(=O)c2cccs2)CC1. The van der Waals surface area contributed by atoms with Crippen LogP contribution in [0, 0.1) is 0 Å². The summed E-state index contributed by atoms with van der Waals surface area (Å²) in [5.74, 6) is 0. The fourth-order valence-corrected chi connectivity index (χ4v) is 7.65. The monoisotopic (exact) mass is 392 g/mol. The summed E-state index contributed by atoms with van der Waals surface area (Å²) < 4.78 is 53.6. The van der Waals surface area contributed by atoms with Crippen LogP contribution in [0.2, 0.25) is 0 Å². The molecule has 2 aromatic heterocycles. The van der Waals surface area contributed by atoms with Gasteiger partial charge in [0.2, 0.25) is 0 Å². The molecule has 23 heavy (non-hydrogen) atoms. The molecule has 1 aliphatic heterocycles. The normalized spacial score (nSPS) is 18.8. The van der Waals surface area contributed by atoms with Gasteiger partial charge in [0, 0.05) is 26.2 Å². The second kappa shape index (κ2) is 6.61. The Balaban J connectivity index is 1.78. The van der Waals surface area contributed by atoms with Gasteiger partial charge in [-0.25, -0.2) is 16.8 Å². The Morgan fingerprint density at radius 1 is 0.739 bits per heavy atom. The van der Waals surface area contributed by atoms with Crippen molar-refractivity contribution in [3.63, 3.8) is 0 Å². The van der Waals surface area contributed by atoms with Crippen LogP contribution in [0.4, 0.5) is 0 Å². The Hall–Kier alpha value is -0.780. The van der Waals surface area contributed by atoms with E-state index in [0.717, 1.165) is 0 Å². The molecule has 10 heteroatoms. The quantitative estimate of drug-likeness (QED) is 0.796. The molecule has 0 aliphatic carbocycles. The predicted octanol–water partition coefficient (Wildman–Crippen LogP) is 1.89. The number of nitrogens with zero attached hydrogens (tertiary/aromatic N) is 2. The van der Waals surface area contributed by atoms with Crippen LogP contribution < -0.4 is 0 Å². The molecule has 0 unspecified atom stereocenters. The summed E-state index contributed by atoms with van der Waals surface area (Å²) in [6.45, 7) is 1.00. The number of hydrogen-bond donors (Lipinski definition) is 0. The fraction of sp³-hybridized carbons (Fsp3) is 0.385. The minimum absolute atomic E-state index is 0.171. The molecule has 126 valence electrons. The van der Waals surface area contributed by atoms with Crippen molar-refractivity contribution >= 4 is 42.7 Å². The molecule has 0 amide bonds. The highest BCUT2D eigenvalue weighted by molar-refractivity contribution is 7.91. The van der Waals surface area contributed by atoms with E-state index >= 15 is 0 Å². The van der Waals surface area contributed by atoms with Crippen molar-refractivity contribution < 1.29 is 16.8 Å². The first-order valence-corrected chi connectivity index (χ1v) is 11.6. The van der Waals surface area contributed by atoms with Gasteiger partial charge in [-0.2, -0.15) is 8.61 Å². The number of sulfonamides is 2. The van der Waals surface area contributed by atoms with Gasteiger partial charge in [0.1, 0.15) is 8.42 Å². The van der Waals surface area contributed by atoms with Crippen LogP contribution in [0.5, 0.6) is 0 Å². The van der Waals surface area contributed by atoms with E-state index in [0.29, 0.717) is 27.9 Å². The van der Waals surface area contributed by atoms with Crippen molar-refractivity contribution in [3.05, 3.63) is 35.0 Å². The van der Waals surface area contributed by atoms with E-state index in [1.54, 1.807) is 35.0 Å². The molecule has 0 radical (unpaired) electrons. The molecule has 3 heterocycles. The Morgan fingerprint density at radius 3 is 1.52 bits per heavy atom. The van der Waals surface area contributed by atoms with Gasteiger partial charge in [-0.1, -0.05) is 12.1 Å². The average Bonchev–Trinajstić information content (AvgIpc) is 3.16. The lowest BCUT2D eigenvalue weighted by Gasteiger charge is -2.20. The van der Waals surface area contributed by atoms with Crippen molar-refractivity contribution in [1.29, 1.82) is 0 Å². The molecule has 0 atom stereocenters. The van der Waals surface area contributed by atoms with Gasteiger partial charge in [0.05, 0.1) is 0 Å².